The van der Waals surface area contributed by atoms with Gasteiger partial charge >= 0.3 is 0 Å². The van der Waals surface area contributed by atoms with Gasteiger partial charge in [0, 0.05) is 11.8 Å². The molecule has 3 aromatic heterocycles. The van der Waals surface area contributed by atoms with Crippen LogP contribution in [0.3, 0.4) is 0 Å². The Morgan fingerprint density at radius 2 is 1.96 bits per heavy atom. The van der Waals surface area contributed by atoms with Gasteiger partial charge < -0.3 is 0 Å². The Kier molecular flexibility index (Phi) is 3.57. The minimum Gasteiger partial charge on any atom is -0.256 e. The van der Waals surface area contributed by atoms with Gasteiger partial charge in [0.2, 0.25) is 0 Å². The molecule has 4 aromatic rings. The maximum absolute atomic E-state index is 13.5. The standard InChI is InChI=1S/C17H14FN5S/c1-10-5-12(3-4-14(10)18)13-6-16-15(19-7-13)8-20-23(16)9-17-22-21-11(2)24-17/h3-8H,9H2,1-2H3. The van der Waals surface area contributed by atoms with Crippen LogP contribution in [0.5, 0.6) is 0 Å². The quantitative estimate of drug-likeness (QED) is 0.570. The number of pyridine rings is 1. The molecule has 0 spiro atoms. The van der Waals surface area contributed by atoms with Gasteiger partial charge in [-0.1, -0.05) is 17.4 Å². The van der Waals surface area contributed by atoms with Crippen molar-refractivity contribution in [3.63, 3.8) is 0 Å². The summed E-state index contributed by atoms with van der Waals surface area (Å²) in [6, 6.07) is 7.10. The van der Waals surface area contributed by atoms with Crippen molar-refractivity contribution >= 4 is 22.4 Å². The smallest absolute Gasteiger partial charge is 0.139 e. The zero-order valence-electron chi connectivity index (χ0n) is 13.2. The molecule has 0 aliphatic rings. The maximum atomic E-state index is 13.5. The zero-order valence-corrected chi connectivity index (χ0v) is 14.0. The molecule has 0 N–H and O–H groups in total. The normalized spacial score (nSPS) is 11.3. The van der Waals surface area contributed by atoms with Gasteiger partial charge in [0.15, 0.2) is 0 Å². The molecule has 4 rings (SSSR count). The van der Waals surface area contributed by atoms with E-state index in [1.165, 1.54) is 6.07 Å². The average Bonchev–Trinajstić information content (AvgIpc) is 3.16. The number of rotatable bonds is 3. The van der Waals surface area contributed by atoms with Gasteiger partial charge in [0.1, 0.15) is 21.3 Å². The second-order valence-electron chi connectivity index (χ2n) is 5.61. The molecule has 0 amide bonds. The zero-order chi connectivity index (χ0) is 16.7. The average molecular weight is 339 g/mol. The molecule has 0 saturated carbocycles. The Morgan fingerprint density at radius 3 is 2.71 bits per heavy atom. The van der Waals surface area contributed by atoms with E-state index < -0.39 is 0 Å². The van der Waals surface area contributed by atoms with Crippen molar-refractivity contribution in [1.29, 1.82) is 0 Å². The summed E-state index contributed by atoms with van der Waals surface area (Å²) in [6.07, 6.45) is 3.53. The first-order chi connectivity index (χ1) is 11.6. The lowest BCUT2D eigenvalue weighted by molar-refractivity contribution is 0.619. The topological polar surface area (TPSA) is 56.5 Å². The highest BCUT2D eigenvalue weighted by Gasteiger charge is 2.10. The number of fused-ring (bicyclic) bond motifs is 1. The van der Waals surface area contributed by atoms with Crippen LogP contribution in [0, 0.1) is 19.7 Å². The van der Waals surface area contributed by atoms with Gasteiger partial charge in [0.25, 0.3) is 0 Å². The summed E-state index contributed by atoms with van der Waals surface area (Å²) in [4.78, 5) is 4.47. The molecule has 120 valence electrons. The minimum absolute atomic E-state index is 0.204. The Bertz CT molecular complexity index is 1040. The molecular formula is C17H14FN5S. The van der Waals surface area contributed by atoms with E-state index in [9.17, 15) is 4.39 Å². The monoisotopic (exact) mass is 339 g/mol. The predicted molar refractivity (Wildman–Crippen MR) is 91.4 cm³/mol. The van der Waals surface area contributed by atoms with Crippen LogP contribution in [0.4, 0.5) is 4.39 Å². The van der Waals surface area contributed by atoms with E-state index in [4.69, 9.17) is 0 Å². The van der Waals surface area contributed by atoms with E-state index >= 15 is 0 Å². The summed E-state index contributed by atoms with van der Waals surface area (Å²) >= 11 is 1.55. The van der Waals surface area contributed by atoms with Crippen LogP contribution in [0.15, 0.2) is 36.7 Å². The Hall–Kier alpha value is -2.67. The fraction of sp³-hybridized carbons (Fsp3) is 0.176. The number of benzene rings is 1. The molecular weight excluding hydrogens is 325 g/mol. The third-order valence-corrected chi connectivity index (χ3v) is 4.66. The highest BCUT2D eigenvalue weighted by molar-refractivity contribution is 7.11. The van der Waals surface area contributed by atoms with Crippen LogP contribution in [0.2, 0.25) is 0 Å². The highest BCUT2D eigenvalue weighted by Crippen LogP contribution is 2.25. The molecule has 0 atom stereocenters. The maximum Gasteiger partial charge on any atom is 0.139 e. The van der Waals surface area contributed by atoms with Crippen LogP contribution in [0.25, 0.3) is 22.2 Å². The van der Waals surface area contributed by atoms with Crippen molar-refractivity contribution in [3.05, 3.63) is 58.1 Å². The summed E-state index contributed by atoms with van der Waals surface area (Å²) in [5.74, 6) is -0.204. The molecule has 0 saturated heterocycles. The van der Waals surface area contributed by atoms with Gasteiger partial charge in [-0.05, 0) is 43.2 Å². The van der Waals surface area contributed by atoms with Gasteiger partial charge in [-0.15, -0.1) is 10.2 Å². The van der Waals surface area contributed by atoms with Crippen LogP contribution in [-0.4, -0.2) is 25.0 Å². The second kappa shape index (κ2) is 5.76. The van der Waals surface area contributed by atoms with Crippen LogP contribution in [0.1, 0.15) is 15.6 Å². The first-order valence-electron chi connectivity index (χ1n) is 7.47. The van der Waals surface area contributed by atoms with Crippen molar-refractivity contribution in [2.75, 3.05) is 0 Å². The van der Waals surface area contributed by atoms with E-state index in [2.05, 4.69) is 20.3 Å². The van der Waals surface area contributed by atoms with Crippen molar-refractivity contribution in [2.45, 2.75) is 20.4 Å². The molecule has 5 nitrogen and oxygen atoms in total. The lowest BCUT2D eigenvalue weighted by atomic mass is 10.0. The van der Waals surface area contributed by atoms with Gasteiger partial charge in [-0.2, -0.15) is 5.10 Å². The summed E-state index contributed by atoms with van der Waals surface area (Å²) in [7, 11) is 0. The van der Waals surface area contributed by atoms with Crippen molar-refractivity contribution in [1.82, 2.24) is 25.0 Å². The van der Waals surface area contributed by atoms with Gasteiger partial charge in [-0.25, -0.2) is 4.39 Å². The van der Waals surface area contributed by atoms with Gasteiger partial charge in [-0.3, -0.25) is 9.67 Å². The largest absolute Gasteiger partial charge is 0.256 e. The molecule has 24 heavy (non-hydrogen) atoms. The number of aromatic nitrogens is 5. The summed E-state index contributed by atoms with van der Waals surface area (Å²) in [5, 5.41) is 14.4. The lowest BCUT2D eigenvalue weighted by Crippen LogP contribution is -2.01. The van der Waals surface area contributed by atoms with E-state index in [-0.39, 0.29) is 5.82 Å². The predicted octanol–water partition coefficient (Wildman–Crippen LogP) is 3.75. The lowest BCUT2D eigenvalue weighted by Gasteiger charge is -2.05. The van der Waals surface area contributed by atoms with Crippen molar-refractivity contribution in [2.24, 2.45) is 0 Å². The fourth-order valence-corrected chi connectivity index (χ4v) is 3.29. The fourth-order valence-electron chi connectivity index (χ4n) is 2.59. The first kappa shape index (κ1) is 14.9. The Morgan fingerprint density at radius 1 is 1.08 bits per heavy atom. The molecule has 7 heteroatoms. The van der Waals surface area contributed by atoms with E-state index in [0.29, 0.717) is 12.1 Å². The molecule has 0 fully saturated rings. The Labute approximate surface area is 141 Å². The highest BCUT2D eigenvalue weighted by atomic mass is 32.1. The van der Waals surface area contributed by atoms with Crippen LogP contribution >= 0.6 is 11.3 Å². The summed E-state index contributed by atoms with van der Waals surface area (Å²) in [6.45, 7) is 4.24. The van der Waals surface area contributed by atoms with Crippen molar-refractivity contribution in [3.8, 4) is 11.1 Å². The van der Waals surface area contributed by atoms with E-state index in [0.717, 1.165) is 32.2 Å². The second-order valence-corrected chi connectivity index (χ2v) is 6.88. The van der Waals surface area contributed by atoms with Crippen LogP contribution < -0.4 is 0 Å². The number of hydrogen-bond donors (Lipinski definition) is 0. The van der Waals surface area contributed by atoms with Crippen LogP contribution in [-0.2, 0) is 6.54 Å². The minimum atomic E-state index is -0.204. The number of halogens is 1. The molecule has 0 unspecified atom stereocenters. The number of nitrogens with zero attached hydrogens (tertiary/aromatic N) is 5. The third kappa shape index (κ3) is 2.67. The molecule has 3 heterocycles. The van der Waals surface area contributed by atoms with Gasteiger partial charge in [0.05, 0.1) is 18.3 Å². The number of aryl methyl sites for hydroxylation is 2. The Balaban J connectivity index is 1.76. The summed E-state index contributed by atoms with van der Waals surface area (Å²) in [5.41, 5.74) is 4.22. The molecule has 0 radical (unpaired) electrons. The molecule has 0 bridgehead atoms. The number of hydrogen-bond acceptors (Lipinski definition) is 5. The summed E-state index contributed by atoms with van der Waals surface area (Å²) < 4.78 is 15.3. The SMILES string of the molecule is Cc1nnc(Cn2ncc3ncc(-c4ccc(F)c(C)c4)cc32)s1. The third-order valence-electron chi connectivity index (χ3n) is 3.84. The molecule has 0 aliphatic heterocycles. The van der Waals surface area contributed by atoms with E-state index in [1.54, 1.807) is 36.7 Å². The first-order valence-corrected chi connectivity index (χ1v) is 8.29. The van der Waals surface area contributed by atoms with E-state index in [1.807, 2.05) is 23.7 Å². The molecule has 1 aromatic carbocycles. The van der Waals surface area contributed by atoms with Crippen molar-refractivity contribution < 1.29 is 4.39 Å². The molecule has 0 aliphatic carbocycles.